The van der Waals surface area contributed by atoms with Crippen molar-refractivity contribution in [1.82, 2.24) is 4.98 Å². The molecule has 156 valence electrons. The van der Waals surface area contributed by atoms with Gasteiger partial charge in [-0.25, -0.2) is 9.37 Å². The molecule has 2 aromatic heterocycles. The highest BCUT2D eigenvalue weighted by Gasteiger charge is 2.44. The summed E-state index contributed by atoms with van der Waals surface area (Å²) in [6.45, 7) is 1.97. The number of fused-ring (bicyclic) bond motifs is 3. The second-order valence-electron chi connectivity index (χ2n) is 7.77. The van der Waals surface area contributed by atoms with Gasteiger partial charge in [-0.15, -0.1) is 0 Å². The lowest BCUT2D eigenvalue weighted by Crippen LogP contribution is -2.29. The van der Waals surface area contributed by atoms with Gasteiger partial charge in [0.25, 0.3) is 5.91 Å². The van der Waals surface area contributed by atoms with Crippen LogP contribution in [0.3, 0.4) is 0 Å². The second kappa shape index (κ2) is 6.83. The van der Waals surface area contributed by atoms with E-state index in [-0.39, 0.29) is 17.0 Å². The molecular formula is C25H15FN2O3S. The normalized spacial score (nSPS) is 15.6. The highest BCUT2D eigenvalue weighted by atomic mass is 32.1. The van der Waals surface area contributed by atoms with Crippen LogP contribution in [-0.4, -0.2) is 10.9 Å². The topological polar surface area (TPSA) is 63.4 Å². The van der Waals surface area contributed by atoms with Crippen molar-refractivity contribution in [3.8, 4) is 0 Å². The van der Waals surface area contributed by atoms with Gasteiger partial charge in [-0.3, -0.25) is 14.5 Å². The van der Waals surface area contributed by atoms with E-state index in [0.717, 1.165) is 11.1 Å². The van der Waals surface area contributed by atoms with Crippen molar-refractivity contribution < 1.29 is 13.6 Å². The molecule has 3 heterocycles. The van der Waals surface area contributed by atoms with Crippen LogP contribution in [0.25, 0.3) is 21.2 Å². The third kappa shape index (κ3) is 2.71. The van der Waals surface area contributed by atoms with E-state index in [2.05, 4.69) is 4.98 Å². The van der Waals surface area contributed by atoms with Gasteiger partial charge in [0.15, 0.2) is 10.6 Å². The van der Waals surface area contributed by atoms with Gasteiger partial charge in [0.2, 0.25) is 5.76 Å². The molecule has 1 atom stereocenters. The molecule has 3 aromatic carbocycles. The summed E-state index contributed by atoms with van der Waals surface area (Å²) in [7, 11) is 0. The predicted molar refractivity (Wildman–Crippen MR) is 122 cm³/mol. The first-order chi connectivity index (χ1) is 15.5. The predicted octanol–water partition coefficient (Wildman–Crippen LogP) is 5.60. The highest BCUT2D eigenvalue weighted by molar-refractivity contribution is 7.22. The summed E-state index contributed by atoms with van der Waals surface area (Å²) in [5.41, 5.74) is 2.84. The first-order valence-electron chi connectivity index (χ1n) is 10.0. The van der Waals surface area contributed by atoms with Crippen molar-refractivity contribution in [2.45, 2.75) is 13.0 Å². The summed E-state index contributed by atoms with van der Waals surface area (Å²) in [6, 6.07) is 18.2. The zero-order valence-corrected chi connectivity index (χ0v) is 17.7. The average molecular weight is 442 g/mol. The minimum absolute atomic E-state index is 0.0183. The number of aryl methyl sites for hydroxylation is 1. The molecule has 0 saturated heterocycles. The Bertz CT molecular complexity index is 1600. The van der Waals surface area contributed by atoms with Crippen LogP contribution >= 0.6 is 11.3 Å². The molecule has 0 aliphatic carbocycles. The number of nitrogens with zero attached hydrogens (tertiary/aromatic N) is 2. The van der Waals surface area contributed by atoms with E-state index < -0.39 is 11.9 Å². The van der Waals surface area contributed by atoms with Gasteiger partial charge in [0, 0.05) is 0 Å². The molecule has 6 rings (SSSR count). The van der Waals surface area contributed by atoms with Crippen molar-refractivity contribution in [3.63, 3.8) is 0 Å². The fourth-order valence-corrected chi connectivity index (χ4v) is 5.19. The number of aromatic nitrogens is 1. The Balaban J connectivity index is 1.64. The number of hydrogen-bond acceptors (Lipinski definition) is 5. The van der Waals surface area contributed by atoms with E-state index in [9.17, 15) is 14.0 Å². The minimum Gasteiger partial charge on any atom is -0.450 e. The maximum atomic E-state index is 13.7. The van der Waals surface area contributed by atoms with Gasteiger partial charge < -0.3 is 4.42 Å². The van der Waals surface area contributed by atoms with Crippen molar-refractivity contribution in [3.05, 3.63) is 105 Å². The first-order valence-corrected chi connectivity index (χ1v) is 10.8. The summed E-state index contributed by atoms with van der Waals surface area (Å²) in [4.78, 5) is 33.1. The summed E-state index contributed by atoms with van der Waals surface area (Å²) in [5.74, 6) is -0.792. The third-order valence-corrected chi connectivity index (χ3v) is 6.73. The molecule has 1 amide bonds. The molecule has 1 aliphatic heterocycles. The number of anilines is 1. The van der Waals surface area contributed by atoms with E-state index in [1.54, 1.807) is 30.3 Å². The van der Waals surface area contributed by atoms with Gasteiger partial charge in [-0.2, -0.15) is 0 Å². The van der Waals surface area contributed by atoms with Crippen molar-refractivity contribution in [2.75, 3.05) is 4.90 Å². The van der Waals surface area contributed by atoms with Crippen molar-refractivity contribution in [2.24, 2.45) is 0 Å². The zero-order chi connectivity index (χ0) is 22.0. The molecule has 1 unspecified atom stereocenters. The Morgan fingerprint density at radius 1 is 1.03 bits per heavy atom. The van der Waals surface area contributed by atoms with E-state index in [4.69, 9.17) is 4.42 Å². The van der Waals surface area contributed by atoms with Crippen LogP contribution in [0.1, 0.15) is 33.3 Å². The first kappa shape index (κ1) is 18.9. The lowest BCUT2D eigenvalue weighted by molar-refractivity contribution is 0.0971. The summed E-state index contributed by atoms with van der Waals surface area (Å²) in [6.07, 6.45) is 0. The minimum atomic E-state index is -0.690. The Hall–Kier alpha value is -3.84. The number of carbonyl (C=O) groups is 1. The number of benzene rings is 3. The molecule has 1 aliphatic rings. The highest BCUT2D eigenvalue weighted by Crippen LogP contribution is 2.43. The van der Waals surface area contributed by atoms with Crippen LogP contribution in [0.2, 0.25) is 0 Å². The number of rotatable bonds is 2. The molecule has 0 radical (unpaired) electrons. The van der Waals surface area contributed by atoms with Gasteiger partial charge in [-0.1, -0.05) is 53.3 Å². The molecule has 5 nitrogen and oxygen atoms in total. The number of amides is 1. The SMILES string of the molecule is Cc1ccc(C2c3c(oc4ccccc4c3=O)C(=O)N2c2nc3ccc(F)cc3s2)cc1. The molecule has 0 bridgehead atoms. The van der Waals surface area contributed by atoms with Crippen LogP contribution in [0.15, 0.2) is 75.9 Å². The Morgan fingerprint density at radius 3 is 2.62 bits per heavy atom. The lowest BCUT2D eigenvalue weighted by Gasteiger charge is -2.22. The van der Waals surface area contributed by atoms with E-state index in [0.29, 0.717) is 31.9 Å². The fourth-order valence-electron chi connectivity index (χ4n) is 4.17. The van der Waals surface area contributed by atoms with E-state index in [1.165, 1.54) is 28.4 Å². The molecule has 5 aromatic rings. The smallest absolute Gasteiger partial charge is 0.297 e. The van der Waals surface area contributed by atoms with Crippen LogP contribution in [0.4, 0.5) is 9.52 Å². The maximum Gasteiger partial charge on any atom is 0.297 e. The van der Waals surface area contributed by atoms with Crippen molar-refractivity contribution in [1.29, 1.82) is 0 Å². The van der Waals surface area contributed by atoms with Gasteiger partial charge in [0.1, 0.15) is 11.4 Å². The second-order valence-corrected chi connectivity index (χ2v) is 8.78. The Kier molecular flexibility index (Phi) is 4.03. The summed E-state index contributed by atoms with van der Waals surface area (Å²) < 4.78 is 20.3. The molecule has 0 N–H and O–H groups in total. The van der Waals surface area contributed by atoms with Crippen LogP contribution < -0.4 is 10.3 Å². The molecular weight excluding hydrogens is 427 g/mol. The van der Waals surface area contributed by atoms with Crippen LogP contribution in [0, 0.1) is 12.7 Å². The summed E-state index contributed by atoms with van der Waals surface area (Å²) in [5, 5.41) is 0.806. The largest absolute Gasteiger partial charge is 0.450 e. The van der Waals surface area contributed by atoms with Crippen LogP contribution in [-0.2, 0) is 0 Å². The lowest BCUT2D eigenvalue weighted by atomic mass is 9.98. The van der Waals surface area contributed by atoms with Gasteiger partial charge in [-0.05, 0) is 42.8 Å². The fraction of sp³-hybridized carbons (Fsp3) is 0.0800. The van der Waals surface area contributed by atoms with Gasteiger partial charge >= 0.3 is 0 Å². The third-order valence-electron chi connectivity index (χ3n) is 5.72. The molecule has 0 fully saturated rings. The molecule has 32 heavy (non-hydrogen) atoms. The number of halogens is 1. The van der Waals surface area contributed by atoms with Gasteiger partial charge in [0.05, 0.1) is 27.2 Å². The molecule has 0 saturated carbocycles. The number of carbonyl (C=O) groups excluding carboxylic acids is 1. The average Bonchev–Trinajstić information content (AvgIpc) is 3.33. The standard InChI is InChI=1S/C25H15FN2O3S/c1-13-6-8-14(9-7-13)21-20-22(29)16-4-2-3-5-18(16)31-23(20)24(30)28(21)25-27-17-11-10-15(26)12-19(17)32-25/h2-12,21H,1H3. The molecule has 0 spiro atoms. The van der Waals surface area contributed by atoms with E-state index >= 15 is 0 Å². The monoisotopic (exact) mass is 442 g/mol. The summed E-state index contributed by atoms with van der Waals surface area (Å²) >= 11 is 1.21. The van der Waals surface area contributed by atoms with Crippen LogP contribution in [0.5, 0.6) is 0 Å². The van der Waals surface area contributed by atoms with E-state index in [1.807, 2.05) is 31.2 Å². The number of para-hydroxylation sites is 1. The maximum absolute atomic E-state index is 13.7. The Morgan fingerprint density at radius 2 is 1.81 bits per heavy atom. The Labute approximate surface area is 185 Å². The number of hydrogen-bond donors (Lipinski definition) is 0. The number of thiazole rings is 1. The quantitative estimate of drug-likeness (QED) is 0.357. The zero-order valence-electron chi connectivity index (χ0n) is 16.8. The van der Waals surface area contributed by atoms with Crippen molar-refractivity contribution >= 4 is 43.6 Å². The molecule has 7 heteroatoms.